The summed E-state index contributed by atoms with van der Waals surface area (Å²) in [5, 5.41) is 8.82. The predicted molar refractivity (Wildman–Crippen MR) is 146 cm³/mol. The van der Waals surface area contributed by atoms with Gasteiger partial charge in [-0.2, -0.15) is 0 Å². The lowest BCUT2D eigenvalue weighted by atomic mass is 9.81. The number of nitrogens with one attached hydrogen (secondary N) is 3. The zero-order chi connectivity index (χ0) is 27.4. The van der Waals surface area contributed by atoms with Gasteiger partial charge in [-0.1, -0.05) is 19.1 Å². The molecule has 2 aliphatic rings. The quantitative estimate of drug-likeness (QED) is 0.480. The molecule has 1 saturated carbocycles. The van der Waals surface area contributed by atoms with Gasteiger partial charge in [0.15, 0.2) is 5.01 Å². The van der Waals surface area contributed by atoms with Crippen molar-refractivity contribution in [3.63, 3.8) is 0 Å². The van der Waals surface area contributed by atoms with Gasteiger partial charge in [-0.15, -0.1) is 11.3 Å². The van der Waals surface area contributed by atoms with Crippen LogP contribution in [0.3, 0.4) is 0 Å². The van der Waals surface area contributed by atoms with Crippen LogP contribution in [0.4, 0.5) is 5.69 Å². The summed E-state index contributed by atoms with van der Waals surface area (Å²) in [6, 6.07) is 6.31. The summed E-state index contributed by atoms with van der Waals surface area (Å²) in [6.45, 7) is 3.70. The highest BCUT2D eigenvalue weighted by Crippen LogP contribution is 2.28. The smallest absolute Gasteiger partial charge is 0.313 e. The Hall–Kier alpha value is -3.31. The molecular formula is C27H36N6O4S. The third-order valence-corrected chi connectivity index (χ3v) is 8.30. The van der Waals surface area contributed by atoms with E-state index in [0.717, 1.165) is 42.1 Å². The number of nitrogens with zero attached hydrogens (tertiary/aromatic N) is 3. The normalized spacial score (nSPS) is 21.2. The zero-order valence-corrected chi connectivity index (χ0v) is 23.2. The van der Waals surface area contributed by atoms with Crippen molar-refractivity contribution in [2.75, 3.05) is 33.0 Å². The molecule has 0 radical (unpaired) electrons. The Bertz CT molecular complexity index is 1190. The number of aromatic nitrogens is 1. The molecule has 4 amide bonds. The number of aryl methyl sites for hydroxylation is 1. The van der Waals surface area contributed by atoms with Crippen molar-refractivity contribution >= 4 is 40.7 Å². The van der Waals surface area contributed by atoms with Crippen molar-refractivity contribution in [2.24, 2.45) is 5.92 Å². The summed E-state index contributed by atoms with van der Waals surface area (Å²) in [5.41, 5.74) is 2.62. The van der Waals surface area contributed by atoms with Crippen LogP contribution < -0.4 is 16.0 Å². The number of hydrogen-bond acceptors (Lipinski definition) is 7. The van der Waals surface area contributed by atoms with E-state index in [0.29, 0.717) is 30.0 Å². The van der Waals surface area contributed by atoms with Crippen molar-refractivity contribution in [2.45, 2.75) is 57.7 Å². The van der Waals surface area contributed by atoms with Crippen LogP contribution in [0.1, 0.15) is 52.1 Å². The topological polar surface area (TPSA) is 124 Å². The number of carbonyl (C=O) groups is 4. The van der Waals surface area contributed by atoms with E-state index in [-0.39, 0.29) is 17.7 Å². The molecule has 1 aromatic carbocycles. The van der Waals surface area contributed by atoms with Crippen LogP contribution in [-0.2, 0) is 33.8 Å². The van der Waals surface area contributed by atoms with E-state index >= 15 is 0 Å². The van der Waals surface area contributed by atoms with Crippen LogP contribution in [0.25, 0.3) is 0 Å². The molecule has 38 heavy (non-hydrogen) atoms. The summed E-state index contributed by atoms with van der Waals surface area (Å²) in [5.74, 6) is -2.18. The Morgan fingerprint density at radius 2 is 1.79 bits per heavy atom. The van der Waals surface area contributed by atoms with Crippen molar-refractivity contribution in [3.05, 3.63) is 45.4 Å². The molecule has 0 saturated heterocycles. The first-order valence-corrected chi connectivity index (χ1v) is 13.9. The maximum Gasteiger partial charge on any atom is 0.313 e. The molecule has 1 fully saturated rings. The van der Waals surface area contributed by atoms with Crippen LogP contribution in [-0.4, -0.2) is 78.2 Å². The Morgan fingerprint density at radius 3 is 2.47 bits per heavy atom. The van der Waals surface area contributed by atoms with Crippen LogP contribution >= 0.6 is 11.3 Å². The third-order valence-electron chi connectivity index (χ3n) is 7.22. The number of carbonyl (C=O) groups excluding carboxylic acids is 4. The average molecular weight is 541 g/mol. The minimum atomic E-state index is -0.779. The number of anilines is 1. The van der Waals surface area contributed by atoms with E-state index in [2.05, 4.69) is 25.8 Å². The third kappa shape index (κ3) is 6.57. The highest BCUT2D eigenvalue weighted by atomic mass is 32.1. The molecule has 3 atom stereocenters. The van der Waals surface area contributed by atoms with E-state index < -0.39 is 23.9 Å². The van der Waals surface area contributed by atoms with E-state index in [1.165, 1.54) is 11.3 Å². The summed E-state index contributed by atoms with van der Waals surface area (Å²) >= 11 is 1.38. The molecule has 2 aromatic rings. The SMILES string of the molecule is CCc1ccc(NC(=O)C(=O)N[C@H]2CC[C@H](C(=O)N(C)C)C[C@H]2NC(=O)c2nc3c(s2)CN(C)CC3)cc1. The molecule has 204 valence electrons. The second-order valence-corrected chi connectivity index (χ2v) is 11.4. The summed E-state index contributed by atoms with van der Waals surface area (Å²) in [6.07, 6.45) is 3.04. The van der Waals surface area contributed by atoms with Crippen LogP contribution in [0, 0.1) is 5.92 Å². The van der Waals surface area contributed by atoms with Crippen molar-refractivity contribution in [1.29, 1.82) is 0 Å². The van der Waals surface area contributed by atoms with Gasteiger partial charge in [-0.05, 0) is 50.4 Å². The molecule has 1 aliphatic heterocycles. The summed E-state index contributed by atoms with van der Waals surface area (Å²) in [4.78, 5) is 60.7. The van der Waals surface area contributed by atoms with Gasteiger partial charge >= 0.3 is 11.8 Å². The van der Waals surface area contributed by atoms with Crippen molar-refractivity contribution in [1.82, 2.24) is 25.4 Å². The second kappa shape index (κ2) is 12.0. The lowest BCUT2D eigenvalue weighted by Gasteiger charge is -2.37. The highest BCUT2D eigenvalue weighted by molar-refractivity contribution is 7.13. The molecule has 10 nitrogen and oxygen atoms in total. The Kier molecular flexibility index (Phi) is 8.78. The van der Waals surface area contributed by atoms with E-state index in [1.54, 1.807) is 31.1 Å². The largest absolute Gasteiger partial charge is 0.349 e. The number of fused-ring (bicyclic) bond motifs is 1. The first-order valence-electron chi connectivity index (χ1n) is 13.0. The minimum Gasteiger partial charge on any atom is -0.349 e. The highest BCUT2D eigenvalue weighted by Gasteiger charge is 2.37. The molecule has 11 heteroatoms. The number of rotatable bonds is 6. The lowest BCUT2D eigenvalue weighted by molar-refractivity contribution is -0.137. The fourth-order valence-corrected chi connectivity index (χ4v) is 6.08. The maximum atomic E-state index is 13.2. The molecule has 4 rings (SSSR count). The lowest BCUT2D eigenvalue weighted by Crippen LogP contribution is -2.57. The van der Waals surface area contributed by atoms with Crippen molar-refractivity contribution in [3.8, 4) is 0 Å². The number of thiazole rings is 1. The van der Waals surface area contributed by atoms with Gasteiger partial charge in [0.2, 0.25) is 5.91 Å². The summed E-state index contributed by atoms with van der Waals surface area (Å²) < 4.78 is 0. The fraction of sp³-hybridized carbons (Fsp3) is 0.519. The number of amides is 4. The van der Waals surface area contributed by atoms with Gasteiger partial charge in [0.1, 0.15) is 0 Å². The molecule has 0 bridgehead atoms. The van der Waals surface area contributed by atoms with Gasteiger partial charge in [0.05, 0.1) is 11.7 Å². The predicted octanol–water partition coefficient (Wildman–Crippen LogP) is 1.80. The van der Waals surface area contributed by atoms with Gasteiger partial charge in [-0.25, -0.2) is 4.98 Å². The first-order chi connectivity index (χ1) is 18.1. The first kappa shape index (κ1) is 27.7. The zero-order valence-electron chi connectivity index (χ0n) is 22.4. The van der Waals surface area contributed by atoms with Gasteiger partial charge < -0.3 is 25.8 Å². The molecular weight excluding hydrogens is 504 g/mol. The van der Waals surface area contributed by atoms with Crippen LogP contribution in [0.5, 0.6) is 0 Å². The van der Waals surface area contributed by atoms with Crippen LogP contribution in [0.15, 0.2) is 24.3 Å². The molecule has 2 heterocycles. The Balaban J connectivity index is 1.44. The number of likely N-dealkylation sites (N-methyl/N-ethyl adjacent to an activating group) is 1. The minimum absolute atomic E-state index is 0.0185. The maximum absolute atomic E-state index is 13.2. The molecule has 1 aromatic heterocycles. The fourth-order valence-electron chi connectivity index (χ4n) is 4.99. The van der Waals surface area contributed by atoms with Gasteiger partial charge in [0, 0.05) is 56.1 Å². The van der Waals surface area contributed by atoms with Gasteiger partial charge in [0.25, 0.3) is 5.91 Å². The number of hydrogen-bond donors (Lipinski definition) is 3. The van der Waals surface area contributed by atoms with E-state index in [4.69, 9.17) is 0 Å². The van der Waals surface area contributed by atoms with Crippen molar-refractivity contribution < 1.29 is 19.2 Å². The number of benzene rings is 1. The Labute approximate surface area is 227 Å². The van der Waals surface area contributed by atoms with Gasteiger partial charge in [-0.3, -0.25) is 19.2 Å². The van der Waals surface area contributed by atoms with E-state index in [9.17, 15) is 19.2 Å². The molecule has 1 aliphatic carbocycles. The van der Waals surface area contributed by atoms with Crippen LogP contribution in [0.2, 0.25) is 0 Å². The molecule has 0 unspecified atom stereocenters. The molecule has 3 N–H and O–H groups in total. The monoisotopic (exact) mass is 540 g/mol. The molecule has 0 spiro atoms. The average Bonchev–Trinajstić information content (AvgIpc) is 3.33. The summed E-state index contributed by atoms with van der Waals surface area (Å²) in [7, 11) is 5.45. The van der Waals surface area contributed by atoms with E-state index in [1.807, 2.05) is 26.1 Å². The Morgan fingerprint density at radius 1 is 1.05 bits per heavy atom. The standard InChI is InChI=1S/C27H36N6O4S/c1-5-16-6-9-18(10-7-16)28-23(34)24(35)29-19-11-8-17(27(37)32(2)3)14-21(19)30-25(36)26-31-20-12-13-33(4)15-22(20)38-26/h6-7,9-10,17,19,21H,5,8,11-15H2,1-4H3,(H,28,34)(H,29,35)(H,30,36)/t17-,19-,21+/m0/s1. The second-order valence-electron chi connectivity index (χ2n) is 10.3.